The summed E-state index contributed by atoms with van der Waals surface area (Å²) in [4.78, 5) is 13.5. The Labute approximate surface area is 134 Å². The van der Waals surface area contributed by atoms with Crippen molar-refractivity contribution in [3.05, 3.63) is 52.0 Å². The van der Waals surface area contributed by atoms with Crippen LogP contribution in [0.25, 0.3) is 0 Å². The predicted octanol–water partition coefficient (Wildman–Crippen LogP) is 5.51. The van der Waals surface area contributed by atoms with Crippen LogP contribution in [0.5, 0.6) is 11.5 Å². The number of ether oxygens (including phenoxy) is 1. The minimum absolute atomic E-state index is 0.0888. The van der Waals surface area contributed by atoms with Gasteiger partial charge >= 0.3 is 6.18 Å². The first-order chi connectivity index (χ1) is 10.7. The monoisotopic (exact) mass is 393 g/mol. The molecule has 0 amide bonds. The molecule has 0 aromatic heterocycles. The van der Waals surface area contributed by atoms with Gasteiger partial charge in [0, 0.05) is 6.07 Å². The van der Waals surface area contributed by atoms with Crippen molar-refractivity contribution < 1.29 is 31.5 Å². The normalized spacial score (nSPS) is 11.0. The van der Waals surface area contributed by atoms with Crippen LogP contribution in [0, 0.1) is 11.6 Å². The summed E-state index contributed by atoms with van der Waals surface area (Å²) in [6, 6.07) is 4.18. The molecule has 0 aliphatic heterocycles. The van der Waals surface area contributed by atoms with E-state index in [1.165, 1.54) is 18.2 Å². The van der Waals surface area contributed by atoms with Gasteiger partial charge < -0.3 is 4.74 Å². The molecule has 9 heteroatoms. The van der Waals surface area contributed by atoms with E-state index in [9.17, 15) is 26.7 Å². The van der Waals surface area contributed by atoms with Crippen LogP contribution < -0.4 is 4.74 Å². The van der Waals surface area contributed by atoms with E-state index in [-0.39, 0.29) is 28.0 Å². The number of benzene rings is 2. The van der Waals surface area contributed by atoms with E-state index in [1.54, 1.807) is 0 Å². The Morgan fingerprint density at radius 3 is 2.22 bits per heavy atom. The number of hydrogen-bond acceptors (Lipinski definition) is 3. The standard InChI is InChI=1S/C14H5BrF5NO2/c15-9-2-1-8(21-6-22)5-12(9)23-13-10(16)3-7(4-11(13)17)14(18,19)20/h1-5H. The van der Waals surface area contributed by atoms with Crippen molar-refractivity contribution in [2.45, 2.75) is 6.18 Å². The first-order valence-corrected chi connectivity index (χ1v) is 6.63. The summed E-state index contributed by atoms with van der Waals surface area (Å²) in [6.45, 7) is 0. The first kappa shape index (κ1) is 17.1. The van der Waals surface area contributed by atoms with Crippen molar-refractivity contribution >= 4 is 27.7 Å². The molecular formula is C14H5BrF5NO2. The summed E-state index contributed by atoms with van der Waals surface area (Å²) in [5, 5.41) is 0. The SMILES string of the molecule is O=C=Nc1ccc(Br)c(Oc2c(F)cc(C(F)(F)F)cc2F)c1. The molecule has 3 nitrogen and oxygen atoms in total. The quantitative estimate of drug-likeness (QED) is 0.392. The fraction of sp³-hybridized carbons (Fsp3) is 0.0714. The maximum atomic E-state index is 13.7. The van der Waals surface area contributed by atoms with E-state index in [1.807, 2.05) is 0 Å². The van der Waals surface area contributed by atoms with Crippen molar-refractivity contribution in [2.24, 2.45) is 4.99 Å². The van der Waals surface area contributed by atoms with Crippen LogP contribution in [0.4, 0.5) is 27.6 Å². The van der Waals surface area contributed by atoms with Crippen LogP contribution in [-0.4, -0.2) is 6.08 Å². The van der Waals surface area contributed by atoms with Gasteiger partial charge in [0.05, 0.1) is 15.7 Å². The predicted molar refractivity (Wildman–Crippen MR) is 73.4 cm³/mol. The van der Waals surface area contributed by atoms with Gasteiger partial charge in [-0.05, 0) is 40.2 Å². The highest BCUT2D eigenvalue weighted by molar-refractivity contribution is 9.10. The van der Waals surface area contributed by atoms with Gasteiger partial charge in [-0.3, -0.25) is 0 Å². The van der Waals surface area contributed by atoms with Crippen molar-refractivity contribution in [3.63, 3.8) is 0 Å². The van der Waals surface area contributed by atoms with Crippen LogP contribution in [0.1, 0.15) is 5.56 Å². The Bertz CT molecular complexity index is 777. The van der Waals surface area contributed by atoms with Crippen LogP contribution in [-0.2, 0) is 11.0 Å². The summed E-state index contributed by atoms with van der Waals surface area (Å²) >= 11 is 3.04. The average molecular weight is 394 g/mol. The van der Waals surface area contributed by atoms with Crippen molar-refractivity contribution in [2.75, 3.05) is 0 Å². The van der Waals surface area contributed by atoms with Crippen LogP contribution >= 0.6 is 15.9 Å². The average Bonchev–Trinajstić information content (AvgIpc) is 2.45. The van der Waals surface area contributed by atoms with Crippen LogP contribution in [0.2, 0.25) is 0 Å². The van der Waals surface area contributed by atoms with Gasteiger partial charge in [-0.25, -0.2) is 13.6 Å². The highest BCUT2D eigenvalue weighted by atomic mass is 79.9. The van der Waals surface area contributed by atoms with Gasteiger partial charge in [0.2, 0.25) is 6.08 Å². The molecule has 2 rings (SSSR count). The Kier molecular flexibility index (Phi) is 4.82. The fourth-order valence-corrected chi connectivity index (χ4v) is 1.95. The van der Waals surface area contributed by atoms with Gasteiger partial charge in [-0.15, -0.1) is 0 Å². The molecule has 2 aromatic carbocycles. The molecule has 23 heavy (non-hydrogen) atoms. The van der Waals surface area contributed by atoms with Crippen molar-refractivity contribution in [3.8, 4) is 11.5 Å². The molecule has 2 aromatic rings. The highest BCUT2D eigenvalue weighted by Gasteiger charge is 2.33. The van der Waals surface area contributed by atoms with Crippen LogP contribution in [0.15, 0.2) is 39.8 Å². The number of hydrogen-bond donors (Lipinski definition) is 0. The number of nitrogens with zero attached hydrogens (tertiary/aromatic N) is 1. The minimum Gasteiger partial charge on any atom is -0.450 e. The molecule has 0 aliphatic carbocycles. The molecule has 0 aliphatic rings. The molecule has 0 atom stereocenters. The summed E-state index contributed by atoms with van der Waals surface area (Å²) in [5.74, 6) is -4.19. The van der Waals surface area contributed by atoms with Gasteiger partial charge in [0.1, 0.15) is 5.75 Å². The lowest BCUT2D eigenvalue weighted by Gasteiger charge is -2.12. The van der Waals surface area contributed by atoms with Gasteiger partial charge in [0.15, 0.2) is 17.4 Å². The number of halogens is 6. The second-order valence-corrected chi connectivity index (χ2v) is 5.04. The zero-order valence-corrected chi connectivity index (χ0v) is 12.5. The van der Waals surface area contributed by atoms with Gasteiger partial charge in [-0.2, -0.15) is 18.2 Å². The third-order valence-electron chi connectivity index (χ3n) is 2.63. The zero-order chi connectivity index (χ0) is 17.2. The Morgan fingerprint density at radius 1 is 1.09 bits per heavy atom. The highest BCUT2D eigenvalue weighted by Crippen LogP contribution is 2.38. The van der Waals surface area contributed by atoms with E-state index >= 15 is 0 Å². The topological polar surface area (TPSA) is 38.7 Å². The Morgan fingerprint density at radius 2 is 1.70 bits per heavy atom. The second-order valence-electron chi connectivity index (χ2n) is 4.19. The maximum Gasteiger partial charge on any atom is 0.416 e. The smallest absolute Gasteiger partial charge is 0.416 e. The molecule has 0 radical (unpaired) electrons. The number of isocyanates is 1. The van der Waals surface area contributed by atoms with E-state index in [2.05, 4.69) is 20.9 Å². The van der Waals surface area contributed by atoms with Crippen LogP contribution in [0.3, 0.4) is 0 Å². The molecule has 120 valence electrons. The summed E-state index contributed by atoms with van der Waals surface area (Å²) in [5.41, 5.74) is -1.39. The number of aliphatic imine (C=N–C) groups is 1. The second kappa shape index (κ2) is 6.47. The number of carbonyl (C=O) groups excluding carboxylic acids is 1. The third kappa shape index (κ3) is 3.94. The molecule has 0 spiro atoms. The largest absolute Gasteiger partial charge is 0.450 e. The lowest BCUT2D eigenvalue weighted by molar-refractivity contribution is -0.138. The maximum absolute atomic E-state index is 13.7. The molecular weight excluding hydrogens is 389 g/mol. The van der Waals surface area contributed by atoms with Gasteiger partial charge in [-0.1, -0.05) is 0 Å². The van der Waals surface area contributed by atoms with Crippen molar-refractivity contribution in [1.29, 1.82) is 0 Å². The molecule has 0 heterocycles. The van der Waals surface area contributed by atoms with E-state index in [0.29, 0.717) is 0 Å². The molecule has 0 saturated carbocycles. The lowest BCUT2D eigenvalue weighted by Crippen LogP contribution is -2.07. The van der Waals surface area contributed by atoms with E-state index in [4.69, 9.17) is 4.74 Å². The van der Waals surface area contributed by atoms with Gasteiger partial charge in [0.25, 0.3) is 0 Å². The minimum atomic E-state index is -4.89. The van der Waals surface area contributed by atoms with E-state index in [0.717, 1.165) is 6.07 Å². The molecule has 0 unspecified atom stereocenters. The molecule has 0 saturated heterocycles. The lowest BCUT2D eigenvalue weighted by atomic mass is 10.2. The van der Waals surface area contributed by atoms with E-state index < -0.39 is 29.1 Å². The fourth-order valence-electron chi connectivity index (χ4n) is 1.62. The first-order valence-electron chi connectivity index (χ1n) is 5.84. The number of rotatable bonds is 3. The zero-order valence-electron chi connectivity index (χ0n) is 10.9. The Hall–Kier alpha value is -2.25. The number of alkyl halides is 3. The molecule has 0 bridgehead atoms. The summed E-state index contributed by atoms with van der Waals surface area (Å²) in [7, 11) is 0. The third-order valence-corrected chi connectivity index (χ3v) is 3.28. The summed E-state index contributed by atoms with van der Waals surface area (Å²) < 4.78 is 70.1. The molecule has 0 fully saturated rings. The van der Waals surface area contributed by atoms with Crippen molar-refractivity contribution in [1.82, 2.24) is 0 Å². The summed E-state index contributed by atoms with van der Waals surface area (Å²) in [6.07, 6.45) is -3.62. The Balaban J connectivity index is 2.45. The molecule has 0 N–H and O–H groups in total.